The van der Waals surface area contributed by atoms with Crippen LogP contribution in [-0.4, -0.2) is 14.1 Å². The van der Waals surface area contributed by atoms with Crippen molar-refractivity contribution in [2.45, 2.75) is 6.54 Å². The van der Waals surface area contributed by atoms with E-state index in [1.54, 1.807) is 0 Å². The van der Waals surface area contributed by atoms with Crippen LogP contribution < -0.4 is 10.2 Å². The van der Waals surface area contributed by atoms with Gasteiger partial charge in [-0.3, -0.25) is 0 Å². The lowest BCUT2D eigenvalue weighted by molar-refractivity contribution is 0.611. The molecular formula is C17H18N2O. The first-order valence-corrected chi connectivity index (χ1v) is 6.71. The van der Waals surface area contributed by atoms with E-state index in [1.165, 1.54) is 16.6 Å². The molecule has 1 N–H and O–H groups in total. The quantitative estimate of drug-likeness (QED) is 0.770. The number of benzene rings is 2. The maximum Gasteiger partial charge on any atom is 0.134 e. The molecule has 1 heterocycles. The molecular weight excluding hydrogens is 248 g/mol. The Kier molecular flexibility index (Phi) is 3.33. The topological polar surface area (TPSA) is 28.4 Å². The zero-order chi connectivity index (χ0) is 13.9. The Hall–Kier alpha value is -2.42. The molecule has 0 fully saturated rings. The van der Waals surface area contributed by atoms with Crippen molar-refractivity contribution in [2.75, 3.05) is 24.3 Å². The number of hydrogen-bond donors (Lipinski definition) is 1. The molecule has 0 aliphatic heterocycles. The predicted molar refractivity (Wildman–Crippen MR) is 84.3 cm³/mol. The van der Waals surface area contributed by atoms with Crippen LogP contribution in [-0.2, 0) is 6.54 Å². The second-order valence-electron chi connectivity index (χ2n) is 5.02. The minimum atomic E-state index is 0.752. The van der Waals surface area contributed by atoms with Crippen molar-refractivity contribution >= 4 is 22.3 Å². The van der Waals surface area contributed by atoms with Crippen LogP contribution in [0.1, 0.15) is 5.56 Å². The third-order valence-corrected chi connectivity index (χ3v) is 3.42. The van der Waals surface area contributed by atoms with Gasteiger partial charge in [0.25, 0.3) is 0 Å². The summed E-state index contributed by atoms with van der Waals surface area (Å²) in [7, 11) is 4.10. The van der Waals surface area contributed by atoms with Crippen molar-refractivity contribution in [3.8, 4) is 0 Å². The molecule has 3 aromatic rings. The van der Waals surface area contributed by atoms with E-state index >= 15 is 0 Å². The van der Waals surface area contributed by atoms with Crippen LogP contribution >= 0.6 is 0 Å². The Bertz CT molecular complexity index is 716. The van der Waals surface area contributed by atoms with Crippen LogP contribution in [0.25, 0.3) is 11.0 Å². The first-order valence-electron chi connectivity index (χ1n) is 6.71. The number of nitrogens with zero attached hydrogens (tertiary/aromatic N) is 1. The van der Waals surface area contributed by atoms with Crippen LogP contribution in [0.2, 0.25) is 0 Å². The highest BCUT2D eigenvalue weighted by Gasteiger charge is 2.07. The maximum absolute atomic E-state index is 5.56. The molecule has 0 amide bonds. The SMILES string of the molecule is CN(C)c1ccccc1NCc1coc2ccccc12. The van der Waals surface area contributed by atoms with Gasteiger partial charge in [-0.2, -0.15) is 0 Å². The molecule has 3 nitrogen and oxygen atoms in total. The first-order chi connectivity index (χ1) is 9.75. The molecule has 2 aromatic carbocycles. The van der Waals surface area contributed by atoms with Crippen molar-refractivity contribution in [3.63, 3.8) is 0 Å². The minimum Gasteiger partial charge on any atom is -0.464 e. The van der Waals surface area contributed by atoms with E-state index in [0.29, 0.717) is 0 Å². The summed E-state index contributed by atoms with van der Waals surface area (Å²) < 4.78 is 5.56. The molecule has 0 saturated heterocycles. The van der Waals surface area contributed by atoms with E-state index in [0.717, 1.165) is 17.8 Å². The number of anilines is 2. The third kappa shape index (κ3) is 2.35. The first kappa shape index (κ1) is 12.6. The van der Waals surface area contributed by atoms with E-state index in [-0.39, 0.29) is 0 Å². The molecule has 1 aromatic heterocycles. The molecule has 3 rings (SSSR count). The van der Waals surface area contributed by atoms with E-state index in [4.69, 9.17) is 4.42 Å². The molecule has 0 bridgehead atoms. The van der Waals surface area contributed by atoms with E-state index < -0.39 is 0 Å². The highest BCUT2D eigenvalue weighted by atomic mass is 16.3. The monoisotopic (exact) mass is 266 g/mol. The number of para-hydroxylation sites is 3. The second kappa shape index (κ2) is 5.29. The minimum absolute atomic E-state index is 0.752. The van der Waals surface area contributed by atoms with Crippen molar-refractivity contribution < 1.29 is 4.42 Å². The standard InChI is InChI=1S/C17H18N2O/c1-19(2)16-9-5-4-8-15(16)18-11-13-12-20-17-10-6-3-7-14(13)17/h3-10,12,18H,11H2,1-2H3. The van der Waals surface area contributed by atoms with Crippen LogP contribution in [0.3, 0.4) is 0 Å². The number of nitrogens with one attached hydrogen (secondary N) is 1. The summed E-state index contributed by atoms with van der Waals surface area (Å²) >= 11 is 0. The van der Waals surface area contributed by atoms with Gasteiger partial charge in [0.2, 0.25) is 0 Å². The van der Waals surface area contributed by atoms with Gasteiger partial charge in [0.1, 0.15) is 5.58 Å². The number of furan rings is 1. The van der Waals surface area contributed by atoms with Gasteiger partial charge < -0.3 is 14.6 Å². The summed E-state index contributed by atoms with van der Waals surface area (Å²) in [6.07, 6.45) is 1.83. The lowest BCUT2D eigenvalue weighted by atomic mass is 10.1. The number of hydrogen-bond acceptors (Lipinski definition) is 3. The summed E-state index contributed by atoms with van der Waals surface area (Å²) in [6.45, 7) is 0.752. The fourth-order valence-corrected chi connectivity index (χ4v) is 2.37. The van der Waals surface area contributed by atoms with Gasteiger partial charge >= 0.3 is 0 Å². The Morgan fingerprint density at radius 2 is 1.75 bits per heavy atom. The van der Waals surface area contributed by atoms with Crippen LogP contribution in [0, 0.1) is 0 Å². The molecule has 0 aliphatic carbocycles. The molecule has 3 heteroatoms. The lowest BCUT2D eigenvalue weighted by Gasteiger charge is -2.18. The van der Waals surface area contributed by atoms with E-state index in [9.17, 15) is 0 Å². The van der Waals surface area contributed by atoms with Crippen molar-refractivity contribution in [1.29, 1.82) is 0 Å². The summed E-state index contributed by atoms with van der Waals surface area (Å²) in [5, 5.41) is 4.66. The van der Waals surface area contributed by atoms with Crippen LogP contribution in [0.15, 0.2) is 59.2 Å². The Balaban J connectivity index is 1.83. The molecule has 0 unspecified atom stereocenters. The van der Waals surface area contributed by atoms with Crippen molar-refractivity contribution in [3.05, 3.63) is 60.4 Å². The van der Waals surface area contributed by atoms with Gasteiger partial charge in [-0.25, -0.2) is 0 Å². The van der Waals surface area contributed by atoms with Gasteiger partial charge in [-0.1, -0.05) is 30.3 Å². The van der Waals surface area contributed by atoms with E-state index in [2.05, 4.69) is 28.4 Å². The summed E-state index contributed by atoms with van der Waals surface area (Å²) in [5.74, 6) is 0. The average Bonchev–Trinajstić information content (AvgIpc) is 2.88. The van der Waals surface area contributed by atoms with E-state index in [1.807, 2.05) is 50.7 Å². The number of fused-ring (bicyclic) bond motifs is 1. The maximum atomic E-state index is 5.56. The van der Waals surface area contributed by atoms with Gasteiger partial charge in [0.15, 0.2) is 0 Å². The normalized spacial score (nSPS) is 10.7. The molecule has 0 saturated carbocycles. The molecule has 20 heavy (non-hydrogen) atoms. The molecule has 0 spiro atoms. The second-order valence-corrected chi connectivity index (χ2v) is 5.02. The Labute approximate surface area is 118 Å². The van der Waals surface area contributed by atoms with Gasteiger partial charge in [0, 0.05) is 31.6 Å². The van der Waals surface area contributed by atoms with Gasteiger partial charge in [-0.05, 0) is 18.2 Å². The molecule has 0 aliphatic rings. The van der Waals surface area contributed by atoms with Crippen molar-refractivity contribution in [1.82, 2.24) is 0 Å². The van der Waals surface area contributed by atoms with Crippen molar-refractivity contribution in [2.24, 2.45) is 0 Å². The fraction of sp³-hybridized carbons (Fsp3) is 0.176. The van der Waals surface area contributed by atoms with Gasteiger partial charge in [-0.15, -0.1) is 0 Å². The third-order valence-electron chi connectivity index (χ3n) is 3.42. The highest BCUT2D eigenvalue weighted by Crippen LogP contribution is 2.26. The fourth-order valence-electron chi connectivity index (χ4n) is 2.37. The predicted octanol–water partition coefficient (Wildman–Crippen LogP) is 4.11. The Morgan fingerprint density at radius 3 is 2.60 bits per heavy atom. The van der Waals surface area contributed by atoms with Crippen LogP contribution in [0.5, 0.6) is 0 Å². The highest BCUT2D eigenvalue weighted by molar-refractivity contribution is 5.81. The smallest absolute Gasteiger partial charge is 0.134 e. The zero-order valence-corrected chi connectivity index (χ0v) is 11.8. The average molecular weight is 266 g/mol. The largest absolute Gasteiger partial charge is 0.464 e. The summed E-state index contributed by atoms with van der Waals surface area (Å²) in [4.78, 5) is 2.11. The summed E-state index contributed by atoms with van der Waals surface area (Å²) in [6, 6.07) is 16.4. The number of rotatable bonds is 4. The Morgan fingerprint density at radius 1 is 1.00 bits per heavy atom. The zero-order valence-electron chi connectivity index (χ0n) is 11.8. The summed E-state index contributed by atoms with van der Waals surface area (Å²) in [5.41, 5.74) is 4.42. The molecule has 0 atom stereocenters. The lowest BCUT2D eigenvalue weighted by Crippen LogP contribution is -2.11. The molecule has 102 valence electrons. The molecule has 0 radical (unpaired) electrons. The van der Waals surface area contributed by atoms with Crippen LogP contribution in [0.4, 0.5) is 11.4 Å². The van der Waals surface area contributed by atoms with Gasteiger partial charge in [0.05, 0.1) is 17.6 Å².